The van der Waals surface area contributed by atoms with Crippen LogP contribution in [0, 0.1) is 5.82 Å². The molecule has 0 saturated heterocycles. The molecule has 0 radical (unpaired) electrons. The number of amidine groups is 1. The van der Waals surface area contributed by atoms with Gasteiger partial charge in [0.1, 0.15) is 11.0 Å². The van der Waals surface area contributed by atoms with Crippen molar-refractivity contribution in [2.24, 2.45) is 10.8 Å². The number of nitrogens with zero attached hydrogens (tertiary/aromatic N) is 2. The molecule has 0 spiro atoms. The molecule has 0 saturated carbocycles. The SMILES string of the molecule is NC(=NNNc1ccc(Cl)nc1)c1c(F)cccc1Cl. The molecule has 4 N–H and O–H groups in total. The molecule has 0 fully saturated rings. The molecule has 0 amide bonds. The Morgan fingerprint density at radius 1 is 1.25 bits per heavy atom. The predicted octanol–water partition coefficient (Wildman–Crippen LogP) is 2.76. The first-order valence-electron chi connectivity index (χ1n) is 5.48. The van der Waals surface area contributed by atoms with E-state index in [-0.39, 0.29) is 16.4 Å². The van der Waals surface area contributed by atoms with Crippen LogP contribution in [0.25, 0.3) is 0 Å². The zero-order valence-corrected chi connectivity index (χ0v) is 11.6. The number of nitrogens with one attached hydrogen (secondary N) is 2. The van der Waals surface area contributed by atoms with Gasteiger partial charge >= 0.3 is 0 Å². The maximum Gasteiger partial charge on any atom is 0.157 e. The molecule has 1 heterocycles. The summed E-state index contributed by atoms with van der Waals surface area (Å²) in [5, 5.41) is 4.34. The van der Waals surface area contributed by atoms with Gasteiger partial charge in [-0.2, -0.15) is 0 Å². The van der Waals surface area contributed by atoms with Crippen LogP contribution in [0.15, 0.2) is 41.6 Å². The van der Waals surface area contributed by atoms with Crippen LogP contribution in [0.5, 0.6) is 0 Å². The zero-order chi connectivity index (χ0) is 14.5. The van der Waals surface area contributed by atoms with E-state index in [4.69, 9.17) is 28.9 Å². The lowest BCUT2D eigenvalue weighted by atomic mass is 10.2. The van der Waals surface area contributed by atoms with Crippen molar-refractivity contribution in [1.29, 1.82) is 0 Å². The van der Waals surface area contributed by atoms with Gasteiger partial charge in [-0.1, -0.05) is 29.3 Å². The molecular weight excluding hydrogens is 304 g/mol. The zero-order valence-electron chi connectivity index (χ0n) is 10.1. The quantitative estimate of drug-likeness (QED) is 0.351. The standard InChI is InChI=1S/C12H10Cl2FN5/c13-8-2-1-3-9(15)11(8)12(16)19-20-18-7-4-5-10(14)17-6-7/h1-6,18,20H,(H2,16,19). The van der Waals surface area contributed by atoms with Crippen LogP contribution < -0.4 is 16.7 Å². The molecule has 5 nitrogen and oxygen atoms in total. The maximum atomic E-state index is 13.6. The van der Waals surface area contributed by atoms with E-state index in [0.29, 0.717) is 10.8 Å². The number of benzene rings is 1. The number of aromatic nitrogens is 1. The number of hydrazine groups is 1. The van der Waals surface area contributed by atoms with Crippen LogP contribution in [-0.4, -0.2) is 10.8 Å². The van der Waals surface area contributed by atoms with Crippen molar-refractivity contribution in [2.45, 2.75) is 0 Å². The molecule has 0 aliphatic rings. The molecule has 20 heavy (non-hydrogen) atoms. The van der Waals surface area contributed by atoms with Gasteiger partial charge in [0.15, 0.2) is 5.84 Å². The molecule has 2 aromatic rings. The second-order valence-corrected chi connectivity index (χ2v) is 4.49. The summed E-state index contributed by atoms with van der Waals surface area (Å²) in [4.78, 5) is 3.87. The number of hydrogen-bond acceptors (Lipinski definition) is 4. The Labute approximate surface area is 124 Å². The smallest absolute Gasteiger partial charge is 0.157 e. The molecule has 0 aliphatic heterocycles. The van der Waals surface area contributed by atoms with Crippen molar-refractivity contribution in [3.8, 4) is 0 Å². The fourth-order valence-corrected chi connectivity index (χ4v) is 1.77. The third-order valence-corrected chi connectivity index (χ3v) is 2.86. The normalized spacial score (nSPS) is 11.2. The number of nitrogens with two attached hydrogens (primary N) is 1. The topological polar surface area (TPSA) is 75.3 Å². The van der Waals surface area contributed by atoms with Crippen LogP contribution in [0.2, 0.25) is 10.2 Å². The van der Waals surface area contributed by atoms with E-state index in [1.54, 1.807) is 12.1 Å². The van der Waals surface area contributed by atoms with Gasteiger partial charge in [0.05, 0.1) is 22.5 Å². The maximum absolute atomic E-state index is 13.6. The molecular formula is C12H10Cl2FN5. The molecule has 0 unspecified atom stereocenters. The average molecular weight is 314 g/mol. The van der Waals surface area contributed by atoms with Gasteiger partial charge in [0, 0.05) is 0 Å². The predicted molar refractivity (Wildman–Crippen MR) is 78.1 cm³/mol. The largest absolute Gasteiger partial charge is 0.382 e. The summed E-state index contributed by atoms with van der Waals surface area (Å²) in [6.07, 6.45) is 1.50. The highest BCUT2D eigenvalue weighted by Crippen LogP contribution is 2.18. The molecule has 0 atom stereocenters. The summed E-state index contributed by atoms with van der Waals surface area (Å²) in [6, 6.07) is 7.55. The van der Waals surface area contributed by atoms with Crippen molar-refractivity contribution < 1.29 is 4.39 Å². The molecule has 0 aliphatic carbocycles. The Morgan fingerprint density at radius 2 is 2.05 bits per heavy atom. The average Bonchev–Trinajstić information content (AvgIpc) is 2.41. The van der Waals surface area contributed by atoms with Crippen molar-refractivity contribution in [1.82, 2.24) is 10.5 Å². The highest BCUT2D eigenvalue weighted by atomic mass is 35.5. The number of pyridine rings is 1. The fourth-order valence-electron chi connectivity index (χ4n) is 1.40. The van der Waals surface area contributed by atoms with Gasteiger partial charge < -0.3 is 5.73 Å². The molecule has 2 rings (SSSR count). The van der Waals surface area contributed by atoms with E-state index in [0.717, 1.165) is 0 Å². The first-order valence-corrected chi connectivity index (χ1v) is 6.23. The van der Waals surface area contributed by atoms with Gasteiger partial charge in [-0.05, 0) is 24.3 Å². The van der Waals surface area contributed by atoms with E-state index < -0.39 is 5.82 Å². The fraction of sp³-hybridized carbons (Fsp3) is 0. The minimum Gasteiger partial charge on any atom is -0.382 e. The van der Waals surface area contributed by atoms with Crippen LogP contribution >= 0.6 is 23.2 Å². The Kier molecular flexibility index (Phi) is 4.60. The number of halogens is 3. The summed E-state index contributed by atoms with van der Waals surface area (Å²) in [5.41, 5.74) is 11.5. The lowest BCUT2D eigenvalue weighted by Gasteiger charge is -2.07. The number of hydrazone groups is 1. The van der Waals surface area contributed by atoms with E-state index >= 15 is 0 Å². The Bertz CT molecular complexity index is 610. The highest BCUT2D eigenvalue weighted by Gasteiger charge is 2.10. The number of anilines is 1. The summed E-state index contributed by atoms with van der Waals surface area (Å²) in [6.45, 7) is 0. The summed E-state index contributed by atoms with van der Waals surface area (Å²) >= 11 is 11.5. The van der Waals surface area contributed by atoms with E-state index in [9.17, 15) is 4.39 Å². The molecule has 1 aromatic carbocycles. The lowest BCUT2D eigenvalue weighted by Crippen LogP contribution is -2.24. The van der Waals surface area contributed by atoms with Crippen molar-refractivity contribution in [3.63, 3.8) is 0 Å². The first-order chi connectivity index (χ1) is 9.58. The Hall–Kier alpha value is -2.05. The van der Waals surface area contributed by atoms with Crippen LogP contribution in [-0.2, 0) is 0 Å². The molecule has 0 bridgehead atoms. The summed E-state index contributed by atoms with van der Waals surface area (Å²) in [7, 11) is 0. The van der Waals surface area contributed by atoms with E-state index in [1.807, 2.05) is 0 Å². The second-order valence-electron chi connectivity index (χ2n) is 3.70. The third-order valence-electron chi connectivity index (χ3n) is 2.32. The van der Waals surface area contributed by atoms with Gasteiger partial charge in [-0.25, -0.2) is 14.9 Å². The van der Waals surface area contributed by atoms with Crippen LogP contribution in [0.3, 0.4) is 0 Å². The molecule has 104 valence electrons. The molecule has 8 heteroatoms. The van der Waals surface area contributed by atoms with Crippen molar-refractivity contribution >= 4 is 34.7 Å². The Morgan fingerprint density at radius 3 is 2.70 bits per heavy atom. The highest BCUT2D eigenvalue weighted by molar-refractivity contribution is 6.34. The van der Waals surface area contributed by atoms with Crippen LogP contribution in [0.4, 0.5) is 10.1 Å². The minimum absolute atomic E-state index is 0.0395. The van der Waals surface area contributed by atoms with Gasteiger partial charge in [0.25, 0.3) is 0 Å². The first kappa shape index (κ1) is 14.4. The lowest BCUT2D eigenvalue weighted by molar-refractivity contribution is 0.624. The number of rotatable bonds is 4. The monoisotopic (exact) mass is 313 g/mol. The Balaban J connectivity index is 2.06. The summed E-state index contributed by atoms with van der Waals surface area (Å²) < 4.78 is 13.6. The van der Waals surface area contributed by atoms with Gasteiger partial charge in [-0.15, -0.1) is 5.10 Å². The molecule has 1 aromatic heterocycles. The minimum atomic E-state index is -0.547. The van der Waals surface area contributed by atoms with Gasteiger partial charge in [0.2, 0.25) is 0 Å². The number of hydrogen-bond donors (Lipinski definition) is 3. The third kappa shape index (κ3) is 3.49. The van der Waals surface area contributed by atoms with Crippen LogP contribution in [0.1, 0.15) is 5.56 Å². The van der Waals surface area contributed by atoms with E-state index in [2.05, 4.69) is 21.0 Å². The summed E-state index contributed by atoms with van der Waals surface area (Å²) in [5.74, 6) is -0.628. The van der Waals surface area contributed by atoms with Crippen molar-refractivity contribution in [2.75, 3.05) is 5.43 Å². The van der Waals surface area contributed by atoms with Crippen molar-refractivity contribution in [3.05, 3.63) is 58.1 Å². The van der Waals surface area contributed by atoms with E-state index in [1.165, 1.54) is 24.4 Å². The van der Waals surface area contributed by atoms with Gasteiger partial charge in [-0.3, -0.25) is 5.43 Å². The second kappa shape index (κ2) is 6.40.